The Labute approximate surface area is 79.0 Å². The van der Waals surface area contributed by atoms with Crippen LogP contribution < -0.4 is 0 Å². The van der Waals surface area contributed by atoms with Gasteiger partial charge in [-0.15, -0.1) is 0 Å². The van der Waals surface area contributed by atoms with Gasteiger partial charge in [0.25, 0.3) is 0 Å². The first-order valence-corrected chi connectivity index (χ1v) is 4.87. The van der Waals surface area contributed by atoms with Crippen LogP contribution >= 0.6 is 0 Å². The van der Waals surface area contributed by atoms with Crippen molar-refractivity contribution in [1.29, 1.82) is 0 Å². The van der Waals surface area contributed by atoms with Crippen LogP contribution in [0.3, 0.4) is 0 Å². The van der Waals surface area contributed by atoms with Gasteiger partial charge in [0.05, 0.1) is 6.42 Å². The van der Waals surface area contributed by atoms with Crippen molar-refractivity contribution in [3.8, 4) is 0 Å². The molecule has 72 valence electrons. The second-order valence-corrected chi connectivity index (χ2v) is 4.96. The quantitative estimate of drug-likeness (QED) is 0.422. The lowest BCUT2D eigenvalue weighted by atomic mass is 9.73. The molecule has 0 N–H and O–H groups in total. The standard InChI is InChI=1S/C11H16O2/c1-7-5-11(2,3)6-8-4-9(12)13-10(7)8/h5,8,10H,4,6H2,1-3H3. The van der Waals surface area contributed by atoms with Crippen molar-refractivity contribution < 1.29 is 9.53 Å². The summed E-state index contributed by atoms with van der Waals surface area (Å²) >= 11 is 0. The zero-order chi connectivity index (χ0) is 9.64. The fraction of sp³-hybridized carbons (Fsp3) is 0.727. The monoisotopic (exact) mass is 180 g/mol. The molecule has 0 radical (unpaired) electrons. The lowest BCUT2D eigenvalue weighted by Crippen LogP contribution is -2.29. The minimum absolute atomic E-state index is 0.0274. The van der Waals surface area contributed by atoms with Crippen LogP contribution in [0, 0.1) is 11.3 Å². The van der Waals surface area contributed by atoms with E-state index in [9.17, 15) is 4.79 Å². The van der Waals surface area contributed by atoms with Crippen LogP contribution in [0.5, 0.6) is 0 Å². The van der Waals surface area contributed by atoms with E-state index in [1.54, 1.807) is 0 Å². The number of carbonyl (C=O) groups excluding carboxylic acids is 1. The van der Waals surface area contributed by atoms with E-state index >= 15 is 0 Å². The number of ether oxygens (including phenoxy) is 1. The van der Waals surface area contributed by atoms with Gasteiger partial charge in [-0.3, -0.25) is 4.79 Å². The summed E-state index contributed by atoms with van der Waals surface area (Å²) < 4.78 is 5.26. The Morgan fingerprint density at radius 2 is 2.23 bits per heavy atom. The van der Waals surface area contributed by atoms with E-state index in [-0.39, 0.29) is 17.5 Å². The Bertz CT molecular complexity index is 276. The molecule has 2 unspecified atom stereocenters. The van der Waals surface area contributed by atoms with Gasteiger partial charge < -0.3 is 4.74 Å². The van der Waals surface area contributed by atoms with Crippen LogP contribution in [-0.4, -0.2) is 12.1 Å². The zero-order valence-corrected chi connectivity index (χ0v) is 8.46. The van der Waals surface area contributed by atoms with Crippen molar-refractivity contribution in [3.63, 3.8) is 0 Å². The van der Waals surface area contributed by atoms with Gasteiger partial charge in [-0.05, 0) is 24.3 Å². The molecule has 0 aromatic heterocycles. The average Bonchev–Trinajstić information content (AvgIpc) is 2.27. The second kappa shape index (κ2) is 2.60. The van der Waals surface area contributed by atoms with Gasteiger partial charge in [0.15, 0.2) is 0 Å². The van der Waals surface area contributed by atoms with Gasteiger partial charge in [-0.1, -0.05) is 19.9 Å². The first kappa shape index (κ1) is 8.79. The first-order valence-electron chi connectivity index (χ1n) is 4.87. The highest BCUT2D eigenvalue weighted by Crippen LogP contribution is 2.42. The highest BCUT2D eigenvalue weighted by molar-refractivity contribution is 5.73. The van der Waals surface area contributed by atoms with Crippen LogP contribution in [0.25, 0.3) is 0 Å². The van der Waals surface area contributed by atoms with Crippen molar-refractivity contribution in [3.05, 3.63) is 11.6 Å². The fourth-order valence-electron chi connectivity index (χ4n) is 2.68. The fourth-order valence-corrected chi connectivity index (χ4v) is 2.68. The van der Waals surface area contributed by atoms with Gasteiger partial charge in [0.1, 0.15) is 6.10 Å². The molecule has 1 saturated heterocycles. The van der Waals surface area contributed by atoms with Crippen molar-refractivity contribution in [2.45, 2.75) is 39.7 Å². The molecule has 13 heavy (non-hydrogen) atoms. The molecule has 2 rings (SSSR count). The van der Waals surface area contributed by atoms with Gasteiger partial charge in [-0.25, -0.2) is 0 Å². The summed E-state index contributed by atoms with van der Waals surface area (Å²) in [5.74, 6) is 0.396. The molecular weight excluding hydrogens is 164 g/mol. The third kappa shape index (κ3) is 1.50. The van der Waals surface area contributed by atoms with Gasteiger partial charge >= 0.3 is 5.97 Å². The SMILES string of the molecule is CC1=CC(C)(C)CC2CC(=O)OC12. The summed E-state index contributed by atoms with van der Waals surface area (Å²) in [6.45, 7) is 6.50. The third-order valence-electron chi connectivity index (χ3n) is 2.97. The molecule has 1 heterocycles. The minimum Gasteiger partial charge on any atom is -0.458 e. The Hall–Kier alpha value is -0.790. The number of esters is 1. The molecule has 1 aliphatic carbocycles. The predicted octanol–water partition coefficient (Wildman–Crippen LogP) is 2.29. The Kier molecular flexibility index (Phi) is 1.76. The van der Waals surface area contributed by atoms with Crippen LogP contribution in [0.15, 0.2) is 11.6 Å². The van der Waals surface area contributed by atoms with Gasteiger partial charge in [0.2, 0.25) is 0 Å². The topological polar surface area (TPSA) is 26.3 Å². The molecule has 0 spiro atoms. The molecule has 1 aliphatic heterocycles. The number of fused-ring (bicyclic) bond motifs is 1. The Balaban J connectivity index is 2.28. The molecule has 2 aliphatic rings. The second-order valence-electron chi connectivity index (χ2n) is 4.96. The summed E-state index contributed by atoms with van der Waals surface area (Å²) in [6, 6.07) is 0. The number of rotatable bonds is 0. The van der Waals surface area contributed by atoms with E-state index in [2.05, 4.69) is 26.8 Å². The summed E-state index contributed by atoms with van der Waals surface area (Å²) in [5.41, 5.74) is 1.46. The van der Waals surface area contributed by atoms with E-state index in [1.807, 2.05) is 0 Å². The maximum absolute atomic E-state index is 11.1. The molecular formula is C11H16O2. The average molecular weight is 180 g/mol. The van der Waals surface area contributed by atoms with E-state index < -0.39 is 0 Å². The number of hydrogen-bond acceptors (Lipinski definition) is 2. The Morgan fingerprint density at radius 3 is 2.92 bits per heavy atom. The normalized spacial score (nSPS) is 36.5. The van der Waals surface area contributed by atoms with Crippen molar-refractivity contribution >= 4 is 5.97 Å². The number of allylic oxidation sites excluding steroid dienone is 1. The van der Waals surface area contributed by atoms with Crippen LogP contribution in [0.4, 0.5) is 0 Å². The first-order chi connectivity index (χ1) is 5.98. The van der Waals surface area contributed by atoms with E-state index in [0.717, 1.165) is 6.42 Å². The zero-order valence-electron chi connectivity index (χ0n) is 8.46. The van der Waals surface area contributed by atoms with E-state index in [4.69, 9.17) is 4.74 Å². The predicted molar refractivity (Wildman–Crippen MR) is 50.1 cm³/mol. The van der Waals surface area contributed by atoms with Crippen LogP contribution in [-0.2, 0) is 9.53 Å². The molecule has 1 fully saturated rings. The lowest BCUT2D eigenvalue weighted by Gasteiger charge is -2.33. The summed E-state index contributed by atoms with van der Waals surface area (Å²) in [7, 11) is 0. The maximum Gasteiger partial charge on any atom is 0.306 e. The lowest BCUT2D eigenvalue weighted by molar-refractivity contribution is -0.140. The highest BCUT2D eigenvalue weighted by atomic mass is 16.5. The number of carbonyl (C=O) groups is 1. The Morgan fingerprint density at radius 1 is 1.54 bits per heavy atom. The van der Waals surface area contributed by atoms with Gasteiger partial charge in [0, 0.05) is 5.92 Å². The maximum atomic E-state index is 11.1. The summed E-state index contributed by atoms with van der Waals surface area (Å²) in [4.78, 5) is 11.1. The van der Waals surface area contributed by atoms with E-state index in [0.29, 0.717) is 12.3 Å². The van der Waals surface area contributed by atoms with Crippen molar-refractivity contribution in [2.75, 3.05) is 0 Å². The van der Waals surface area contributed by atoms with Crippen LogP contribution in [0.1, 0.15) is 33.6 Å². The molecule has 0 aromatic carbocycles. The summed E-state index contributed by atoms with van der Waals surface area (Å²) in [6.07, 6.45) is 4.01. The van der Waals surface area contributed by atoms with Crippen molar-refractivity contribution in [2.24, 2.45) is 11.3 Å². The third-order valence-corrected chi connectivity index (χ3v) is 2.97. The number of hydrogen-bond donors (Lipinski definition) is 0. The minimum atomic E-state index is -0.0274. The molecule has 2 heteroatoms. The smallest absolute Gasteiger partial charge is 0.306 e. The van der Waals surface area contributed by atoms with Crippen LogP contribution in [0.2, 0.25) is 0 Å². The molecule has 2 nitrogen and oxygen atoms in total. The van der Waals surface area contributed by atoms with E-state index in [1.165, 1.54) is 5.57 Å². The molecule has 0 bridgehead atoms. The largest absolute Gasteiger partial charge is 0.458 e. The van der Waals surface area contributed by atoms with Gasteiger partial charge in [-0.2, -0.15) is 0 Å². The molecule has 0 saturated carbocycles. The summed E-state index contributed by atoms with van der Waals surface area (Å²) in [5, 5.41) is 0. The molecule has 2 atom stereocenters. The highest BCUT2D eigenvalue weighted by Gasteiger charge is 2.41. The molecule has 0 aromatic rings. The molecule has 0 amide bonds. The van der Waals surface area contributed by atoms with Crippen molar-refractivity contribution in [1.82, 2.24) is 0 Å².